The van der Waals surface area contributed by atoms with Crippen LogP contribution in [0.1, 0.15) is 11.4 Å². The van der Waals surface area contributed by atoms with E-state index in [0.717, 1.165) is 5.69 Å². The summed E-state index contributed by atoms with van der Waals surface area (Å²) in [7, 11) is 0. The Balaban J connectivity index is 1.57. The number of hydrogen-bond acceptors (Lipinski definition) is 5. The van der Waals surface area contributed by atoms with Crippen molar-refractivity contribution in [2.45, 2.75) is 13.0 Å². The Morgan fingerprint density at radius 3 is 2.77 bits per heavy atom. The third kappa shape index (κ3) is 4.33. The largest absolute Gasteiger partial charge is 0.504 e. The number of benzene rings is 1. The van der Waals surface area contributed by atoms with Gasteiger partial charge in [0.1, 0.15) is 12.1 Å². The minimum Gasteiger partial charge on any atom is -0.504 e. The lowest BCUT2D eigenvalue weighted by molar-refractivity contribution is 0.138. The highest BCUT2D eigenvalue weighted by Gasteiger charge is 2.12. The van der Waals surface area contributed by atoms with Gasteiger partial charge in [0.25, 0.3) is 0 Å². The SMILES string of the molecule is O=C(NCCc1ccccn1)OCc1ccc2c(Cl)cc(Cl)c(O)c2n1. The van der Waals surface area contributed by atoms with Crippen molar-refractivity contribution in [3.05, 3.63) is 64.0 Å². The summed E-state index contributed by atoms with van der Waals surface area (Å²) in [4.78, 5) is 20.2. The van der Waals surface area contributed by atoms with Crippen molar-refractivity contribution < 1.29 is 14.6 Å². The van der Waals surface area contributed by atoms with Gasteiger partial charge in [0.2, 0.25) is 0 Å². The average Bonchev–Trinajstić information content (AvgIpc) is 2.65. The van der Waals surface area contributed by atoms with Gasteiger partial charge in [0.05, 0.1) is 15.7 Å². The lowest BCUT2D eigenvalue weighted by Gasteiger charge is -2.09. The number of alkyl carbamates (subject to hydrolysis) is 1. The molecule has 0 aliphatic rings. The number of phenols is 1. The van der Waals surface area contributed by atoms with Crippen LogP contribution in [0.25, 0.3) is 10.9 Å². The van der Waals surface area contributed by atoms with Gasteiger partial charge in [-0.2, -0.15) is 0 Å². The molecule has 0 saturated heterocycles. The molecule has 0 saturated carbocycles. The maximum absolute atomic E-state index is 11.8. The second-order valence-corrected chi connectivity index (χ2v) is 6.28. The van der Waals surface area contributed by atoms with E-state index in [1.165, 1.54) is 6.07 Å². The number of nitrogens with one attached hydrogen (secondary N) is 1. The predicted molar refractivity (Wildman–Crippen MR) is 99.6 cm³/mol. The summed E-state index contributed by atoms with van der Waals surface area (Å²) >= 11 is 12.0. The van der Waals surface area contributed by atoms with Crippen LogP contribution in [0.3, 0.4) is 0 Å². The molecule has 0 aliphatic carbocycles. The number of amides is 1. The van der Waals surface area contributed by atoms with E-state index in [2.05, 4.69) is 15.3 Å². The van der Waals surface area contributed by atoms with Crippen LogP contribution >= 0.6 is 23.2 Å². The normalized spacial score (nSPS) is 10.7. The number of fused-ring (bicyclic) bond motifs is 1. The third-order valence-corrected chi connectivity index (χ3v) is 4.24. The monoisotopic (exact) mass is 391 g/mol. The number of carbonyl (C=O) groups is 1. The number of nitrogens with zero attached hydrogens (tertiary/aromatic N) is 2. The standard InChI is InChI=1S/C18H15Cl2N3O3/c19-14-9-15(20)17(24)16-13(14)5-4-12(23-16)10-26-18(25)22-8-6-11-3-1-2-7-21-11/h1-5,7,9,24H,6,8,10H2,(H,22,25). The molecule has 2 aromatic heterocycles. The van der Waals surface area contributed by atoms with Crippen LogP contribution in [0.2, 0.25) is 10.0 Å². The number of rotatable bonds is 5. The zero-order valence-electron chi connectivity index (χ0n) is 13.6. The van der Waals surface area contributed by atoms with E-state index in [1.54, 1.807) is 18.3 Å². The summed E-state index contributed by atoms with van der Waals surface area (Å²) < 4.78 is 5.13. The Labute approximate surface area is 159 Å². The molecule has 0 atom stereocenters. The van der Waals surface area contributed by atoms with Gasteiger partial charge >= 0.3 is 6.09 Å². The first kappa shape index (κ1) is 18.2. The molecular weight excluding hydrogens is 377 g/mol. The maximum atomic E-state index is 11.8. The second-order valence-electron chi connectivity index (χ2n) is 5.46. The number of ether oxygens (including phenoxy) is 1. The lowest BCUT2D eigenvalue weighted by Crippen LogP contribution is -2.26. The molecule has 0 aliphatic heterocycles. The minimum atomic E-state index is -0.559. The number of aromatic nitrogens is 2. The average molecular weight is 392 g/mol. The van der Waals surface area contributed by atoms with Crippen LogP contribution in [-0.2, 0) is 17.8 Å². The van der Waals surface area contributed by atoms with Crippen LogP contribution in [0.15, 0.2) is 42.6 Å². The van der Waals surface area contributed by atoms with E-state index < -0.39 is 6.09 Å². The van der Waals surface area contributed by atoms with E-state index in [1.807, 2.05) is 18.2 Å². The van der Waals surface area contributed by atoms with Crippen molar-refractivity contribution in [1.82, 2.24) is 15.3 Å². The number of phenolic OH excluding ortho intramolecular Hbond substituents is 1. The highest BCUT2D eigenvalue weighted by Crippen LogP contribution is 2.36. The fraction of sp³-hybridized carbons (Fsp3) is 0.167. The topological polar surface area (TPSA) is 84.3 Å². The van der Waals surface area contributed by atoms with Crippen LogP contribution < -0.4 is 5.32 Å². The first-order valence-corrected chi connectivity index (χ1v) is 8.57. The van der Waals surface area contributed by atoms with E-state index in [9.17, 15) is 9.90 Å². The molecule has 3 aromatic rings. The number of carbonyl (C=O) groups excluding carboxylic acids is 1. The Hall–Kier alpha value is -2.57. The zero-order valence-corrected chi connectivity index (χ0v) is 15.1. The van der Waals surface area contributed by atoms with Gasteiger partial charge < -0.3 is 15.2 Å². The summed E-state index contributed by atoms with van der Waals surface area (Å²) in [5.41, 5.74) is 1.61. The van der Waals surface area contributed by atoms with Crippen molar-refractivity contribution in [3.8, 4) is 5.75 Å². The quantitative estimate of drug-likeness (QED) is 0.683. The minimum absolute atomic E-state index is 0.0467. The molecule has 6 nitrogen and oxygen atoms in total. The van der Waals surface area contributed by atoms with Crippen molar-refractivity contribution in [2.24, 2.45) is 0 Å². The van der Waals surface area contributed by atoms with Gasteiger partial charge in [-0.1, -0.05) is 29.3 Å². The summed E-state index contributed by atoms with van der Waals surface area (Å²) in [6.07, 6.45) is 1.75. The van der Waals surface area contributed by atoms with Gasteiger partial charge in [-0.3, -0.25) is 4.98 Å². The first-order valence-electron chi connectivity index (χ1n) is 7.81. The van der Waals surface area contributed by atoms with Gasteiger partial charge in [0, 0.05) is 30.2 Å². The van der Waals surface area contributed by atoms with E-state index >= 15 is 0 Å². The third-order valence-electron chi connectivity index (χ3n) is 3.64. The van der Waals surface area contributed by atoms with Crippen LogP contribution in [-0.4, -0.2) is 27.7 Å². The molecular formula is C18H15Cl2N3O3. The van der Waals surface area contributed by atoms with E-state index in [-0.39, 0.29) is 22.9 Å². The summed E-state index contributed by atoms with van der Waals surface area (Å²) in [5, 5.41) is 13.7. The second kappa shape index (κ2) is 8.21. The number of halogens is 2. The fourth-order valence-electron chi connectivity index (χ4n) is 2.35. The molecule has 8 heteroatoms. The Morgan fingerprint density at radius 2 is 2.00 bits per heavy atom. The molecule has 0 spiro atoms. The molecule has 3 rings (SSSR count). The van der Waals surface area contributed by atoms with Crippen molar-refractivity contribution >= 4 is 40.2 Å². The van der Waals surface area contributed by atoms with Gasteiger partial charge in [-0.05, 0) is 30.3 Å². The Morgan fingerprint density at radius 1 is 1.15 bits per heavy atom. The highest BCUT2D eigenvalue weighted by molar-refractivity contribution is 6.39. The van der Waals surface area contributed by atoms with Crippen molar-refractivity contribution in [1.29, 1.82) is 0 Å². The number of aromatic hydroxyl groups is 1. The molecule has 26 heavy (non-hydrogen) atoms. The van der Waals surface area contributed by atoms with Gasteiger partial charge in [-0.25, -0.2) is 9.78 Å². The van der Waals surface area contributed by atoms with Crippen LogP contribution in [0.5, 0.6) is 5.75 Å². The van der Waals surface area contributed by atoms with Crippen LogP contribution in [0, 0.1) is 0 Å². The predicted octanol–water partition coefficient (Wildman–Crippen LogP) is 4.11. The molecule has 0 fully saturated rings. The summed E-state index contributed by atoms with van der Waals surface area (Å²) in [6.45, 7) is 0.363. The van der Waals surface area contributed by atoms with Gasteiger partial charge in [-0.15, -0.1) is 0 Å². The molecule has 2 N–H and O–H groups in total. The number of pyridine rings is 2. The summed E-state index contributed by atoms with van der Waals surface area (Å²) in [5.74, 6) is -0.160. The highest BCUT2D eigenvalue weighted by atomic mass is 35.5. The van der Waals surface area contributed by atoms with E-state index in [4.69, 9.17) is 27.9 Å². The molecule has 134 valence electrons. The summed E-state index contributed by atoms with van der Waals surface area (Å²) in [6, 6.07) is 10.4. The molecule has 2 heterocycles. The smallest absolute Gasteiger partial charge is 0.407 e. The maximum Gasteiger partial charge on any atom is 0.407 e. The Bertz CT molecular complexity index is 936. The molecule has 0 unspecified atom stereocenters. The fourth-order valence-corrected chi connectivity index (χ4v) is 2.87. The van der Waals surface area contributed by atoms with Crippen molar-refractivity contribution in [2.75, 3.05) is 6.54 Å². The first-order chi connectivity index (χ1) is 12.5. The Kier molecular flexibility index (Phi) is 5.75. The molecule has 0 bridgehead atoms. The molecule has 1 aromatic carbocycles. The van der Waals surface area contributed by atoms with Crippen molar-refractivity contribution in [3.63, 3.8) is 0 Å². The van der Waals surface area contributed by atoms with Gasteiger partial charge in [0.15, 0.2) is 5.75 Å². The molecule has 0 radical (unpaired) electrons. The zero-order chi connectivity index (χ0) is 18.5. The molecule has 1 amide bonds. The van der Waals surface area contributed by atoms with Crippen LogP contribution in [0.4, 0.5) is 4.79 Å². The van der Waals surface area contributed by atoms with E-state index in [0.29, 0.717) is 29.1 Å². The lowest BCUT2D eigenvalue weighted by atomic mass is 10.2. The number of hydrogen-bond donors (Lipinski definition) is 2.